The van der Waals surface area contributed by atoms with Crippen LogP contribution in [0, 0.1) is 0 Å². The first-order valence-electron chi connectivity index (χ1n) is 4.21. The molecule has 1 aromatic heterocycles. The Kier molecular flexibility index (Phi) is 3.65. The van der Waals surface area contributed by atoms with Crippen molar-refractivity contribution in [3.8, 4) is 0 Å². The first kappa shape index (κ1) is 11.2. The van der Waals surface area contributed by atoms with E-state index in [-0.39, 0.29) is 12.5 Å². The molecule has 0 spiro atoms. The summed E-state index contributed by atoms with van der Waals surface area (Å²) in [5.41, 5.74) is 0.605. The van der Waals surface area contributed by atoms with Gasteiger partial charge < -0.3 is 10.4 Å². The number of hydrogen-bond donors (Lipinski definition) is 2. The fourth-order valence-corrected chi connectivity index (χ4v) is 2.07. The number of carbonyl (C=O) groups excluding carboxylic acids is 1. The molecular formula is C8H11BN2O2S. The quantitative estimate of drug-likeness (QED) is 0.742. The lowest BCUT2D eigenvalue weighted by atomic mass is 10.1. The molecule has 74 valence electrons. The van der Waals surface area contributed by atoms with E-state index in [4.69, 9.17) is 13.0 Å². The number of aliphatic hydroxyl groups excluding tert-OH is 1. The fraction of sp³-hybridized carbons (Fsp3) is 0.500. The average molecular weight is 210 g/mol. The number of aliphatic hydroxyl groups is 1. The predicted molar refractivity (Wildman–Crippen MR) is 56.9 cm³/mol. The van der Waals surface area contributed by atoms with E-state index in [9.17, 15) is 4.79 Å². The van der Waals surface area contributed by atoms with Crippen LogP contribution in [0.4, 0.5) is 9.93 Å². The number of carbonyl (C=O) groups is 1. The van der Waals surface area contributed by atoms with Crippen LogP contribution in [-0.4, -0.2) is 23.7 Å². The van der Waals surface area contributed by atoms with E-state index in [1.54, 1.807) is 0 Å². The van der Waals surface area contributed by atoms with Crippen LogP contribution >= 0.6 is 11.3 Å². The Balaban J connectivity index is 2.94. The van der Waals surface area contributed by atoms with Crippen molar-refractivity contribution in [3.63, 3.8) is 0 Å². The molecule has 4 nitrogen and oxygen atoms in total. The molecule has 0 unspecified atom stereocenters. The van der Waals surface area contributed by atoms with Crippen LogP contribution in [0.1, 0.15) is 30.3 Å². The molecule has 0 aliphatic rings. The third-order valence-corrected chi connectivity index (χ3v) is 2.95. The molecule has 6 heteroatoms. The normalized spacial score (nSPS) is 10.6. The Bertz CT molecular complexity index is 338. The number of thiazole rings is 1. The Morgan fingerprint density at radius 2 is 2.36 bits per heavy atom. The summed E-state index contributed by atoms with van der Waals surface area (Å²) in [6, 6.07) is 0. The Morgan fingerprint density at radius 1 is 1.71 bits per heavy atom. The fourth-order valence-electron chi connectivity index (χ4n) is 1.09. The van der Waals surface area contributed by atoms with E-state index < -0.39 is 5.81 Å². The molecule has 0 saturated carbocycles. The highest BCUT2D eigenvalue weighted by Gasteiger charge is 2.13. The Hall–Kier alpha value is -0.875. The molecule has 0 saturated heterocycles. The molecule has 2 radical (unpaired) electrons. The van der Waals surface area contributed by atoms with Crippen LogP contribution in [0.2, 0.25) is 0 Å². The van der Waals surface area contributed by atoms with Crippen LogP contribution < -0.4 is 5.32 Å². The van der Waals surface area contributed by atoms with E-state index in [2.05, 4.69) is 10.3 Å². The van der Waals surface area contributed by atoms with Crippen molar-refractivity contribution in [2.24, 2.45) is 0 Å². The van der Waals surface area contributed by atoms with Gasteiger partial charge in [0.1, 0.15) is 0 Å². The summed E-state index contributed by atoms with van der Waals surface area (Å²) >= 11 is 1.34. The highest BCUT2D eigenvalue weighted by Crippen LogP contribution is 2.29. The molecule has 0 atom stereocenters. The van der Waals surface area contributed by atoms with Crippen molar-refractivity contribution < 1.29 is 9.90 Å². The number of nitrogens with zero attached hydrogens (tertiary/aromatic N) is 1. The minimum Gasteiger partial charge on any atom is -0.390 e. The summed E-state index contributed by atoms with van der Waals surface area (Å²) in [5, 5.41) is 11.8. The summed E-state index contributed by atoms with van der Waals surface area (Å²) in [7, 11) is 4.96. The lowest BCUT2D eigenvalue weighted by molar-refractivity contribution is 0.268. The summed E-state index contributed by atoms with van der Waals surface area (Å²) in [6.07, 6.45) is 0. The van der Waals surface area contributed by atoms with Gasteiger partial charge in [-0.2, -0.15) is 0 Å². The van der Waals surface area contributed by atoms with Crippen molar-refractivity contribution in [1.29, 1.82) is 0 Å². The van der Waals surface area contributed by atoms with E-state index in [1.807, 2.05) is 13.8 Å². The van der Waals surface area contributed by atoms with Gasteiger partial charge >= 0.3 is 0 Å². The molecule has 0 aromatic carbocycles. The van der Waals surface area contributed by atoms with Crippen molar-refractivity contribution in [2.45, 2.75) is 26.4 Å². The molecule has 0 bridgehead atoms. The molecular weight excluding hydrogens is 199 g/mol. The zero-order valence-corrected chi connectivity index (χ0v) is 8.89. The van der Waals surface area contributed by atoms with E-state index in [0.717, 1.165) is 4.88 Å². The largest absolute Gasteiger partial charge is 0.390 e. The topological polar surface area (TPSA) is 62.2 Å². The second-order valence-electron chi connectivity index (χ2n) is 3.13. The van der Waals surface area contributed by atoms with Crippen molar-refractivity contribution in [2.75, 3.05) is 5.32 Å². The minimum absolute atomic E-state index is 0.121. The zero-order valence-electron chi connectivity index (χ0n) is 8.07. The third-order valence-electron chi connectivity index (χ3n) is 1.63. The van der Waals surface area contributed by atoms with Crippen molar-refractivity contribution >= 4 is 30.1 Å². The third kappa shape index (κ3) is 2.56. The van der Waals surface area contributed by atoms with Crippen LogP contribution in [0.25, 0.3) is 0 Å². The van der Waals surface area contributed by atoms with E-state index >= 15 is 0 Å². The molecule has 2 N–H and O–H groups in total. The monoisotopic (exact) mass is 210 g/mol. The van der Waals surface area contributed by atoms with Crippen LogP contribution in [0.3, 0.4) is 0 Å². The van der Waals surface area contributed by atoms with Gasteiger partial charge in [0.15, 0.2) is 10.9 Å². The van der Waals surface area contributed by atoms with Gasteiger partial charge in [-0.25, -0.2) is 4.98 Å². The van der Waals surface area contributed by atoms with Gasteiger partial charge in [0.05, 0.1) is 12.3 Å². The van der Waals surface area contributed by atoms with Crippen molar-refractivity contribution in [1.82, 2.24) is 4.98 Å². The SMILES string of the molecule is [B]C(=O)Nc1nc(CO)c(C(C)C)s1. The van der Waals surface area contributed by atoms with E-state index in [0.29, 0.717) is 10.8 Å². The van der Waals surface area contributed by atoms with Crippen LogP contribution in [-0.2, 0) is 6.61 Å². The smallest absolute Gasteiger partial charge is 0.201 e. The van der Waals surface area contributed by atoms with Gasteiger partial charge in [-0.15, -0.1) is 11.3 Å². The van der Waals surface area contributed by atoms with Gasteiger partial charge in [0.25, 0.3) is 0 Å². The average Bonchev–Trinajstić information content (AvgIpc) is 2.46. The molecule has 1 aromatic rings. The molecule has 1 heterocycles. The second-order valence-corrected chi connectivity index (χ2v) is 4.16. The van der Waals surface area contributed by atoms with E-state index in [1.165, 1.54) is 11.3 Å². The maximum atomic E-state index is 10.6. The van der Waals surface area contributed by atoms with Gasteiger partial charge in [-0.1, -0.05) is 13.8 Å². The zero-order chi connectivity index (χ0) is 10.7. The Labute approximate surface area is 87.8 Å². The number of aromatic nitrogens is 1. The summed E-state index contributed by atoms with van der Waals surface area (Å²) in [4.78, 5) is 15.6. The summed E-state index contributed by atoms with van der Waals surface area (Å²) in [6.45, 7) is 3.88. The molecule has 0 fully saturated rings. The molecule has 0 aliphatic carbocycles. The first-order chi connectivity index (χ1) is 6.54. The second kappa shape index (κ2) is 4.57. The summed E-state index contributed by atoms with van der Waals surface area (Å²) in [5.74, 6) is -0.364. The molecule has 1 amide bonds. The number of hydrogen-bond acceptors (Lipinski definition) is 4. The number of nitrogens with one attached hydrogen (secondary N) is 1. The number of amides is 1. The number of anilines is 1. The lowest BCUT2D eigenvalue weighted by Gasteiger charge is -2.00. The Morgan fingerprint density at radius 3 is 2.71 bits per heavy atom. The number of rotatable bonds is 3. The van der Waals surface area contributed by atoms with Gasteiger partial charge in [-0.05, 0) is 5.92 Å². The highest BCUT2D eigenvalue weighted by atomic mass is 32.1. The van der Waals surface area contributed by atoms with Crippen molar-refractivity contribution in [3.05, 3.63) is 10.6 Å². The standard InChI is InChI=1S/C8H11BN2O2S/c1-4(2)6-5(3-12)10-8(14-6)11-7(9)13/h4,12H,3H2,1-2H3,(H,10,11,13). The minimum atomic E-state index is -0.640. The summed E-state index contributed by atoms with van der Waals surface area (Å²) < 4.78 is 0. The van der Waals surface area contributed by atoms with Crippen LogP contribution in [0.15, 0.2) is 0 Å². The maximum absolute atomic E-state index is 10.6. The predicted octanol–water partition coefficient (Wildman–Crippen LogP) is 1.46. The van der Waals surface area contributed by atoms with Gasteiger partial charge in [0.2, 0.25) is 7.85 Å². The van der Waals surface area contributed by atoms with Crippen LogP contribution in [0.5, 0.6) is 0 Å². The molecule has 1 rings (SSSR count). The highest BCUT2D eigenvalue weighted by molar-refractivity contribution is 7.16. The van der Waals surface area contributed by atoms with Gasteiger partial charge in [-0.3, -0.25) is 4.79 Å². The first-order valence-corrected chi connectivity index (χ1v) is 5.03. The maximum Gasteiger partial charge on any atom is 0.201 e. The lowest BCUT2D eigenvalue weighted by Crippen LogP contribution is -2.07. The molecule has 0 aliphatic heterocycles. The molecule has 14 heavy (non-hydrogen) atoms. The van der Waals surface area contributed by atoms with Gasteiger partial charge in [0, 0.05) is 4.88 Å².